The molecule has 1 aromatic rings. The summed E-state index contributed by atoms with van der Waals surface area (Å²) in [6, 6.07) is 0.209. The molecule has 1 rings (SSSR count). The first-order valence-electron chi connectivity index (χ1n) is 5.53. The number of hydrogen-bond acceptors (Lipinski definition) is 3. The average Bonchev–Trinajstić information content (AvgIpc) is 2.65. The van der Waals surface area contributed by atoms with Gasteiger partial charge >= 0.3 is 0 Å². The minimum Gasteiger partial charge on any atom is -0.349 e. The molecule has 0 fully saturated rings. The van der Waals surface area contributed by atoms with E-state index in [1.807, 2.05) is 25.6 Å². The van der Waals surface area contributed by atoms with Crippen molar-refractivity contribution in [1.82, 2.24) is 15.5 Å². The summed E-state index contributed by atoms with van der Waals surface area (Å²) in [5.41, 5.74) is 1.45. The molecule has 0 aliphatic rings. The molecule has 0 aliphatic heterocycles. The van der Waals surface area contributed by atoms with Gasteiger partial charge in [-0.2, -0.15) is 16.9 Å². The summed E-state index contributed by atoms with van der Waals surface area (Å²) in [5.74, 6) is 2.17. The van der Waals surface area contributed by atoms with Crippen molar-refractivity contribution >= 4 is 17.7 Å². The van der Waals surface area contributed by atoms with Gasteiger partial charge in [-0.15, -0.1) is 0 Å². The van der Waals surface area contributed by atoms with Crippen LogP contribution in [0.2, 0.25) is 0 Å². The number of H-pyrrole nitrogens is 1. The van der Waals surface area contributed by atoms with Gasteiger partial charge in [-0.25, -0.2) is 0 Å². The highest BCUT2D eigenvalue weighted by atomic mass is 32.2. The summed E-state index contributed by atoms with van der Waals surface area (Å²) in [4.78, 5) is 11.8. The molecule has 0 saturated heterocycles. The van der Waals surface area contributed by atoms with Crippen LogP contribution in [0, 0.1) is 6.92 Å². The Hall–Kier alpha value is -0.970. The summed E-state index contributed by atoms with van der Waals surface area (Å²) in [5, 5.41) is 9.57. The molecule has 1 aromatic heterocycles. The van der Waals surface area contributed by atoms with E-state index < -0.39 is 0 Å². The van der Waals surface area contributed by atoms with Crippen LogP contribution >= 0.6 is 11.8 Å². The summed E-state index contributed by atoms with van der Waals surface area (Å²) in [6.07, 6.45) is 2.57. The van der Waals surface area contributed by atoms with E-state index in [-0.39, 0.29) is 11.9 Å². The Morgan fingerprint density at radius 2 is 2.44 bits per heavy atom. The lowest BCUT2D eigenvalue weighted by atomic mass is 10.2. The Morgan fingerprint density at radius 1 is 1.69 bits per heavy atom. The molecule has 90 valence electrons. The fraction of sp³-hybridized carbons (Fsp3) is 0.636. The van der Waals surface area contributed by atoms with Crippen LogP contribution in [0.15, 0.2) is 6.20 Å². The van der Waals surface area contributed by atoms with Gasteiger partial charge in [-0.3, -0.25) is 9.89 Å². The molecule has 0 aliphatic carbocycles. The van der Waals surface area contributed by atoms with Gasteiger partial charge in [0.2, 0.25) is 0 Å². The van der Waals surface area contributed by atoms with E-state index in [2.05, 4.69) is 22.4 Å². The van der Waals surface area contributed by atoms with Crippen molar-refractivity contribution < 1.29 is 4.79 Å². The number of amides is 1. The molecule has 0 saturated carbocycles. The number of nitrogens with one attached hydrogen (secondary N) is 2. The van der Waals surface area contributed by atoms with Crippen LogP contribution in [-0.2, 0) is 0 Å². The predicted octanol–water partition coefficient (Wildman–Crippen LogP) is 1.98. The maximum Gasteiger partial charge on any atom is 0.254 e. The minimum absolute atomic E-state index is 0.0414. The standard InChI is InChI=1S/C11H19N3OS/c1-4-16-6-5-8(2)13-11(15)10-7-12-14-9(10)3/h7-8H,4-6H2,1-3H3,(H,12,14)(H,13,15). The Morgan fingerprint density at radius 3 is 3.00 bits per heavy atom. The van der Waals surface area contributed by atoms with Crippen LogP contribution in [-0.4, -0.2) is 33.7 Å². The lowest BCUT2D eigenvalue weighted by molar-refractivity contribution is 0.0939. The number of aryl methyl sites for hydroxylation is 1. The zero-order chi connectivity index (χ0) is 12.0. The number of carbonyl (C=O) groups excluding carboxylic acids is 1. The van der Waals surface area contributed by atoms with Crippen LogP contribution in [0.5, 0.6) is 0 Å². The smallest absolute Gasteiger partial charge is 0.254 e. The molecule has 2 N–H and O–H groups in total. The molecule has 0 aromatic carbocycles. The highest BCUT2D eigenvalue weighted by Crippen LogP contribution is 2.06. The lowest BCUT2D eigenvalue weighted by Gasteiger charge is -2.12. The highest BCUT2D eigenvalue weighted by Gasteiger charge is 2.12. The zero-order valence-electron chi connectivity index (χ0n) is 10.0. The summed E-state index contributed by atoms with van der Waals surface area (Å²) in [6.45, 7) is 6.02. The number of hydrogen-bond donors (Lipinski definition) is 2. The van der Waals surface area contributed by atoms with Gasteiger partial charge in [0.05, 0.1) is 11.8 Å². The van der Waals surface area contributed by atoms with Gasteiger partial charge in [0.25, 0.3) is 5.91 Å². The molecular weight excluding hydrogens is 222 g/mol. The molecule has 5 heteroatoms. The first kappa shape index (κ1) is 13.1. The van der Waals surface area contributed by atoms with Crippen molar-refractivity contribution in [1.29, 1.82) is 0 Å². The Balaban J connectivity index is 2.37. The normalized spacial score (nSPS) is 12.4. The van der Waals surface area contributed by atoms with Crippen LogP contribution in [0.4, 0.5) is 0 Å². The number of nitrogens with zero attached hydrogens (tertiary/aromatic N) is 1. The Kier molecular flexibility index (Phi) is 5.38. The molecule has 16 heavy (non-hydrogen) atoms. The largest absolute Gasteiger partial charge is 0.349 e. The first-order chi connectivity index (χ1) is 7.65. The third-order valence-corrected chi connectivity index (χ3v) is 3.28. The third-order valence-electron chi connectivity index (χ3n) is 2.35. The number of rotatable bonds is 6. The van der Waals surface area contributed by atoms with Gasteiger partial charge in [0.1, 0.15) is 0 Å². The number of aromatic amines is 1. The van der Waals surface area contributed by atoms with Crippen molar-refractivity contribution in [3.05, 3.63) is 17.5 Å². The predicted molar refractivity (Wildman–Crippen MR) is 67.9 cm³/mol. The van der Waals surface area contributed by atoms with Gasteiger partial charge in [-0.05, 0) is 31.8 Å². The number of thioether (sulfide) groups is 1. The Labute approximate surface area is 101 Å². The second-order valence-electron chi connectivity index (χ2n) is 3.77. The van der Waals surface area contributed by atoms with E-state index >= 15 is 0 Å². The molecular formula is C11H19N3OS. The fourth-order valence-corrected chi connectivity index (χ4v) is 2.17. The molecule has 0 spiro atoms. The van der Waals surface area contributed by atoms with E-state index in [9.17, 15) is 4.79 Å². The van der Waals surface area contributed by atoms with Gasteiger partial charge in [0.15, 0.2) is 0 Å². The maximum atomic E-state index is 11.8. The molecule has 1 heterocycles. The van der Waals surface area contributed by atoms with Crippen LogP contribution in [0.1, 0.15) is 36.3 Å². The van der Waals surface area contributed by atoms with Crippen molar-refractivity contribution in [2.75, 3.05) is 11.5 Å². The number of carbonyl (C=O) groups is 1. The van der Waals surface area contributed by atoms with Crippen molar-refractivity contribution in [2.24, 2.45) is 0 Å². The molecule has 1 amide bonds. The third kappa shape index (κ3) is 3.89. The first-order valence-corrected chi connectivity index (χ1v) is 6.69. The zero-order valence-corrected chi connectivity index (χ0v) is 10.9. The quantitative estimate of drug-likeness (QED) is 0.749. The molecule has 0 bridgehead atoms. The van der Waals surface area contributed by atoms with Crippen molar-refractivity contribution in [3.63, 3.8) is 0 Å². The van der Waals surface area contributed by atoms with Crippen molar-refractivity contribution in [3.8, 4) is 0 Å². The second-order valence-corrected chi connectivity index (χ2v) is 5.16. The van der Waals surface area contributed by atoms with Crippen LogP contribution in [0.25, 0.3) is 0 Å². The lowest BCUT2D eigenvalue weighted by Crippen LogP contribution is -2.33. The second kappa shape index (κ2) is 6.58. The summed E-state index contributed by atoms with van der Waals surface area (Å²) < 4.78 is 0. The average molecular weight is 241 g/mol. The van der Waals surface area contributed by atoms with Crippen LogP contribution < -0.4 is 5.32 Å². The van der Waals surface area contributed by atoms with E-state index in [0.29, 0.717) is 5.56 Å². The number of aromatic nitrogens is 2. The van der Waals surface area contributed by atoms with Gasteiger partial charge < -0.3 is 5.32 Å². The maximum absolute atomic E-state index is 11.8. The molecule has 4 nitrogen and oxygen atoms in total. The fourth-order valence-electron chi connectivity index (χ4n) is 1.36. The van der Waals surface area contributed by atoms with E-state index in [1.54, 1.807) is 6.20 Å². The summed E-state index contributed by atoms with van der Waals surface area (Å²) in [7, 11) is 0. The Bertz CT molecular complexity index is 338. The van der Waals surface area contributed by atoms with Crippen LogP contribution in [0.3, 0.4) is 0 Å². The monoisotopic (exact) mass is 241 g/mol. The highest BCUT2D eigenvalue weighted by molar-refractivity contribution is 7.99. The van der Waals surface area contributed by atoms with Gasteiger partial charge in [-0.1, -0.05) is 6.92 Å². The SMILES string of the molecule is CCSCCC(C)NC(=O)c1cn[nH]c1C. The van der Waals surface area contributed by atoms with E-state index in [1.165, 1.54) is 0 Å². The minimum atomic E-state index is -0.0414. The van der Waals surface area contributed by atoms with Gasteiger partial charge in [0, 0.05) is 11.7 Å². The van der Waals surface area contributed by atoms with E-state index in [0.717, 1.165) is 23.6 Å². The van der Waals surface area contributed by atoms with E-state index in [4.69, 9.17) is 0 Å². The topological polar surface area (TPSA) is 57.8 Å². The molecule has 0 radical (unpaired) electrons. The molecule has 1 atom stereocenters. The summed E-state index contributed by atoms with van der Waals surface area (Å²) >= 11 is 1.89. The van der Waals surface area contributed by atoms with Crippen molar-refractivity contribution in [2.45, 2.75) is 33.2 Å². The molecule has 1 unspecified atom stereocenters.